The van der Waals surface area contributed by atoms with Crippen molar-refractivity contribution in [2.24, 2.45) is 5.73 Å². The molecule has 1 aliphatic heterocycles. The van der Waals surface area contributed by atoms with Crippen LogP contribution in [0.1, 0.15) is 19.8 Å². The van der Waals surface area contributed by atoms with Gasteiger partial charge in [-0.05, 0) is 19.8 Å². The zero-order valence-corrected chi connectivity index (χ0v) is 8.73. The van der Waals surface area contributed by atoms with E-state index in [4.69, 9.17) is 10.6 Å². The van der Waals surface area contributed by atoms with Gasteiger partial charge < -0.3 is 10.5 Å². The van der Waals surface area contributed by atoms with Crippen LogP contribution < -0.4 is 5.73 Å². The van der Waals surface area contributed by atoms with Gasteiger partial charge in [-0.1, -0.05) is 0 Å². The SMILES string of the molecule is COC(=O)C1CCCN(CC(C)N)O1. The maximum absolute atomic E-state index is 11.2. The van der Waals surface area contributed by atoms with E-state index in [1.165, 1.54) is 7.11 Å². The lowest BCUT2D eigenvalue weighted by Crippen LogP contribution is -2.44. The third-order valence-electron chi connectivity index (χ3n) is 2.11. The first-order valence-electron chi connectivity index (χ1n) is 4.88. The highest BCUT2D eigenvalue weighted by molar-refractivity contribution is 5.74. The van der Waals surface area contributed by atoms with Crippen molar-refractivity contribution in [1.82, 2.24) is 5.06 Å². The van der Waals surface area contributed by atoms with Crippen LogP contribution in [-0.4, -0.2) is 43.4 Å². The van der Waals surface area contributed by atoms with Gasteiger partial charge in [-0.25, -0.2) is 4.79 Å². The van der Waals surface area contributed by atoms with E-state index in [2.05, 4.69) is 4.74 Å². The molecule has 0 spiro atoms. The fraction of sp³-hybridized carbons (Fsp3) is 0.889. The number of rotatable bonds is 3. The molecule has 0 aliphatic carbocycles. The number of methoxy groups -OCH3 is 1. The Balaban J connectivity index is 2.39. The third kappa shape index (κ3) is 3.25. The number of hydroxylamine groups is 2. The van der Waals surface area contributed by atoms with Crippen LogP contribution in [0.2, 0.25) is 0 Å². The number of nitrogens with zero attached hydrogens (tertiary/aromatic N) is 1. The normalized spacial score (nSPS) is 25.8. The molecule has 1 heterocycles. The van der Waals surface area contributed by atoms with Crippen molar-refractivity contribution in [3.63, 3.8) is 0 Å². The molecule has 0 radical (unpaired) electrons. The van der Waals surface area contributed by atoms with Crippen LogP contribution in [0.25, 0.3) is 0 Å². The summed E-state index contributed by atoms with van der Waals surface area (Å²) in [6.07, 6.45) is 1.21. The number of hydrogen-bond acceptors (Lipinski definition) is 5. The molecule has 0 amide bonds. The predicted octanol–water partition coefficient (Wildman–Crippen LogP) is -0.0974. The van der Waals surface area contributed by atoms with Crippen molar-refractivity contribution in [3.8, 4) is 0 Å². The van der Waals surface area contributed by atoms with Crippen LogP contribution in [0, 0.1) is 0 Å². The molecular formula is C9H18N2O3. The molecular weight excluding hydrogens is 184 g/mol. The van der Waals surface area contributed by atoms with Gasteiger partial charge in [-0.2, -0.15) is 5.06 Å². The predicted molar refractivity (Wildman–Crippen MR) is 51.3 cm³/mol. The molecule has 5 heteroatoms. The summed E-state index contributed by atoms with van der Waals surface area (Å²) in [5.74, 6) is -0.306. The molecule has 2 atom stereocenters. The minimum Gasteiger partial charge on any atom is -0.467 e. The van der Waals surface area contributed by atoms with E-state index >= 15 is 0 Å². The maximum Gasteiger partial charge on any atom is 0.337 e. The van der Waals surface area contributed by atoms with Crippen LogP contribution in [-0.2, 0) is 14.4 Å². The first kappa shape index (κ1) is 11.4. The van der Waals surface area contributed by atoms with Crippen molar-refractivity contribution in [1.29, 1.82) is 0 Å². The third-order valence-corrected chi connectivity index (χ3v) is 2.11. The summed E-state index contributed by atoms with van der Waals surface area (Å²) < 4.78 is 4.62. The van der Waals surface area contributed by atoms with E-state index in [0.29, 0.717) is 6.54 Å². The smallest absolute Gasteiger partial charge is 0.337 e. The number of carbonyl (C=O) groups is 1. The molecule has 0 aromatic heterocycles. The van der Waals surface area contributed by atoms with Crippen LogP contribution in [0.4, 0.5) is 0 Å². The first-order chi connectivity index (χ1) is 6.63. The maximum atomic E-state index is 11.2. The van der Waals surface area contributed by atoms with Gasteiger partial charge in [-0.15, -0.1) is 0 Å². The molecule has 1 rings (SSSR count). The van der Waals surface area contributed by atoms with E-state index in [1.54, 1.807) is 5.06 Å². The van der Waals surface area contributed by atoms with Gasteiger partial charge in [0, 0.05) is 19.1 Å². The highest BCUT2D eigenvalue weighted by Gasteiger charge is 2.27. The molecule has 14 heavy (non-hydrogen) atoms. The Morgan fingerprint density at radius 1 is 1.79 bits per heavy atom. The van der Waals surface area contributed by atoms with Gasteiger partial charge >= 0.3 is 5.97 Å². The van der Waals surface area contributed by atoms with Crippen LogP contribution in [0.5, 0.6) is 0 Å². The summed E-state index contributed by atoms with van der Waals surface area (Å²) in [7, 11) is 1.37. The summed E-state index contributed by atoms with van der Waals surface area (Å²) in [6, 6.07) is 0.0476. The fourth-order valence-corrected chi connectivity index (χ4v) is 1.49. The quantitative estimate of drug-likeness (QED) is 0.647. The summed E-state index contributed by atoms with van der Waals surface area (Å²) in [6.45, 7) is 3.38. The Bertz CT molecular complexity index is 196. The van der Waals surface area contributed by atoms with E-state index in [-0.39, 0.29) is 12.0 Å². The van der Waals surface area contributed by atoms with Crippen molar-refractivity contribution < 1.29 is 14.4 Å². The Morgan fingerprint density at radius 2 is 2.50 bits per heavy atom. The van der Waals surface area contributed by atoms with Crippen LogP contribution in [0.3, 0.4) is 0 Å². The van der Waals surface area contributed by atoms with Gasteiger partial charge in [0.1, 0.15) is 0 Å². The lowest BCUT2D eigenvalue weighted by atomic mass is 10.1. The average Bonchev–Trinajstić information content (AvgIpc) is 2.16. The molecule has 1 saturated heterocycles. The lowest BCUT2D eigenvalue weighted by molar-refractivity contribution is -0.230. The fourth-order valence-electron chi connectivity index (χ4n) is 1.49. The van der Waals surface area contributed by atoms with E-state index in [9.17, 15) is 4.79 Å². The highest BCUT2D eigenvalue weighted by Crippen LogP contribution is 2.14. The van der Waals surface area contributed by atoms with Crippen LogP contribution >= 0.6 is 0 Å². The molecule has 82 valence electrons. The summed E-state index contributed by atoms with van der Waals surface area (Å²) in [5.41, 5.74) is 5.64. The number of ether oxygens (including phenoxy) is 1. The van der Waals surface area contributed by atoms with E-state index in [0.717, 1.165) is 19.4 Å². The van der Waals surface area contributed by atoms with Crippen molar-refractivity contribution >= 4 is 5.97 Å². The second-order valence-corrected chi connectivity index (χ2v) is 3.62. The lowest BCUT2D eigenvalue weighted by Gasteiger charge is -2.31. The minimum atomic E-state index is -0.451. The molecule has 1 aliphatic rings. The number of carbonyl (C=O) groups excluding carboxylic acids is 1. The van der Waals surface area contributed by atoms with Crippen molar-refractivity contribution in [2.45, 2.75) is 31.9 Å². The Morgan fingerprint density at radius 3 is 3.07 bits per heavy atom. The van der Waals surface area contributed by atoms with Crippen molar-refractivity contribution in [2.75, 3.05) is 20.2 Å². The summed E-state index contributed by atoms with van der Waals surface area (Å²) in [5, 5.41) is 1.75. The second-order valence-electron chi connectivity index (χ2n) is 3.62. The Kier molecular flexibility index (Phi) is 4.31. The number of hydrogen-bond donors (Lipinski definition) is 1. The van der Waals surface area contributed by atoms with Gasteiger partial charge in [0.25, 0.3) is 0 Å². The summed E-state index contributed by atoms with van der Waals surface area (Å²) in [4.78, 5) is 16.6. The van der Waals surface area contributed by atoms with Crippen LogP contribution in [0.15, 0.2) is 0 Å². The Labute approximate surface area is 84.1 Å². The topological polar surface area (TPSA) is 64.8 Å². The molecule has 0 bridgehead atoms. The molecule has 0 saturated carbocycles. The minimum absolute atomic E-state index is 0.0476. The van der Waals surface area contributed by atoms with Gasteiger partial charge in [0.2, 0.25) is 0 Å². The van der Waals surface area contributed by atoms with Gasteiger partial charge in [0.15, 0.2) is 6.10 Å². The zero-order valence-electron chi connectivity index (χ0n) is 8.73. The Hall–Kier alpha value is -0.650. The first-order valence-corrected chi connectivity index (χ1v) is 4.88. The number of nitrogens with two attached hydrogens (primary N) is 1. The molecule has 2 unspecified atom stereocenters. The molecule has 0 aromatic rings. The van der Waals surface area contributed by atoms with Crippen molar-refractivity contribution in [3.05, 3.63) is 0 Å². The molecule has 5 nitrogen and oxygen atoms in total. The molecule has 1 fully saturated rings. The zero-order chi connectivity index (χ0) is 10.6. The highest BCUT2D eigenvalue weighted by atomic mass is 16.7. The summed E-state index contributed by atoms with van der Waals surface area (Å²) >= 11 is 0. The average molecular weight is 202 g/mol. The largest absolute Gasteiger partial charge is 0.467 e. The number of esters is 1. The van der Waals surface area contributed by atoms with Gasteiger partial charge in [0.05, 0.1) is 7.11 Å². The van der Waals surface area contributed by atoms with E-state index in [1.807, 2.05) is 6.92 Å². The molecule has 2 N–H and O–H groups in total. The molecule has 0 aromatic carbocycles. The standard InChI is InChI=1S/C9H18N2O3/c1-7(10)6-11-5-3-4-8(14-11)9(12)13-2/h7-8H,3-6,10H2,1-2H3. The van der Waals surface area contributed by atoms with Gasteiger partial charge in [-0.3, -0.25) is 4.84 Å². The van der Waals surface area contributed by atoms with E-state index < -0.39 is 6.10 Å². The second kappa shape index (κ2) is 5.29. The monoisotopic (exact) mass is 202 g/mol.